The van der Waals surface area contributed by atoms with Crippen LogP contribution in [0, 0.1) is 0 Å². The van der Waals surface area contributed by atoms with Crippen LogP contribution in [0.5, 0.6) is 0 Å². The standard InChI is InChI=1S/C28H37ClFN5O6/c1-27(2,3)41-26(38)32-19-10-7-14-34(16-19)23-20(15-18-9-5-6-11-21(18)29)22(33-35(23)17-39-4)24(36)40-25(37)28(30)12-8-13-31-28/h5-6,9,11,19,31H,7-8,10,12-17H2,1-4H3,(H,32,38)/t19-,28-/m1/s1. The molecule has 1 aromatic heterocycles. The Morgan fingerprint density at radius 2 is 2.00 bits per heavy atom. The number of nitrogens with zero attached hydrogens (tertiary/aromatic N) is 3. The molecular weight excluding hydrogens is 557 g/mol. The van der Waals surface area contributed by atoms with E-state index >= 15 is 0 Å². The summed E-state index contributed by atoms with van der Waals surface area (Å²) in [5.74, 6) is -4.24. The zero-order chi connectivity index (χ0) is 29.8. The molecule has 1 aromatic carbocycles. The van der Waals surface area contributed by atoms with Gasteiger partial charge >= 0.3 is 18.0 Å². The Kier molecular flexibility index (Phi) is 9.55. The molecule has 2 aliphatic rings. The van der Waals surface area contributed by atoms with Crippen LogP contribution in [0.25, 0.3) is 0 Å². The van der Waals surface area contributed by atoms with Crippen molar-refractivity contribution in [2.24, 2.45) is 0 Å². The normalized spacial score (nSPS) is 21.0. The van der Waals surface area contributed by atoms with Crippen LogP contribution >= 0.6 is 11.6 Å². The first-order valence-corrected chi connectivity index (χ1v) is 14.0. The Bertz CT molecular complexity index is 1270. The summed E-state index contributed by atoms with van der Waals surface area (Å²) in [7, 11) is 1.49. The average molecular weight is 594 g/mol. The van der Waals surface area contributed by atoms with E-state index in [0.717, 1.165) is 12.8 Å². The summed E-state index contributed by atoms with van der Waals surface area (Å²) in [5.41, 5.74) is 0.371. The molecule has 0 radical (unpaired) electrons. The van der Waals surface area contributed by atoms with Crippen molar-refractivity contribution in [2.45, 2.75) is 77.0 Å². The summed E-state index contributed by atoms with van der Waals surface area (Å²) < 4.78 is 32.3. The molecule has 0 spiro atoms. The first-order chi connectivity index (χ1) is 19.4. The second kappa shape index (κ2) is 12.7. The minimum atomic E-state index is -2.43. The molecule has 0 bridgehead atoms. The fourth-order valence-corrected chi connectivity index (χ4v) is 5.27. The highest BCUT2D eigenvalue weighted by molar-refractivity contribution is 6.31. The Hall–Kier alpha value is -3.22. The SMILES string of the molecule is COCn1nc(C(=O)OC(=O)[C@@]2(F)CCCN2)c(Cc2ccccc2Cl)c1N1CCC[C@@H](NC(=O)OC(C)(C)C)C1. The highest BCUT2D eigenvalue weighted by Gasteiger charge is 2.45. The maximum Gasteiger partial charge on any atom is 0.407 e. The third-order valence-electron chi connectivity index (χ3n) is 6.84. The molecule has 11 nitrogen and oxygen atoms in total. The van der Waals surface area contributed by atoms with Crippen molar-refractivity contribution in [3.05, 3.63) is 46.1 Å². The van der Waals surface area contributed by atoms with E-state index < -0.39 is 29.4 Å². The molecule has 2 aromatic rings. The number of methoxy groups -OCH3 is 1. The quantitative estimate of drug-likeness (QED) is 0.266. The van der Waals surface area contributed by atoms with Gasteiger partial charge in [-0.1, -0.05) is 29.8 Å². The van der Waals surface area contributed by atoms with E-state index in [-0.39, 0.29) is 31.3 Å². The first kappa shape index (κ1) is 30.7. The number of carbonyl (C=O) groups is 3. The van der Waals surface area contributed by atoms with Gasteiger partial charge in [0.15, 0.2) is 5.69 Å². The van der Waals surface area contributed by atoms with Crippen molar-refractivity contribution in [3.8, 4) is 0 Å². The predicted molar refractivity (Wildman–Crippen MR) is 150 cm³/mol. The largest absolute Gasteiger partial charge is 0.444 e. The second-order valence-electron chi connectivity index (χ2n) is 11.3. The van der Waals surface area contributed by atoms with E-state index in [9.17, 15) is 18.8 Å². The number of hydrogen-bond acceptors (Lipinski definition) is 9. The van der Waals surface area contributed by atoms with Crippen molar-refractivity contribution in [2.75, 3.05) is 31.6 Å². The van der Waals surface area contributed by atoms with E-state index in [0.29, 0.717) is 48.0 Å². The van der Waals surface area contributed by atoms with Crippen molar-refractivity contribution in [1.29, 1.82) is 0 Å². The lowest BCUT2D eigenvalue weighted by atomic mass is 10.0. The van der Waals surface area contributed by atoms with Gasteiger partial charge < -0.3 is 24.4 Å². The summed E-state index contributed by atoms with van der Waals surface area (Å²) in [6, 6.07) is 6.93. The molecule has 3 heterocycles. The van der Waals surface area contributed by atoms with Gasteiger partial charge in [0.25, 0.3) is 5.79 Å². The number of alkyl halides is 1. The van der Waals surface area contributed by atoms with Crippen LogP contribution in [0.3, 0.4) is 0 Å². The lowest BCUT2D eigenvalue weighted by molar-refractivity contribution is -0.153. The van der Waals surface area contributed by atoms with E-state index in [4.69, 9.17) is 25.8 Å². The molecule has 224 valence electrons. The average Bonchev–Trinajstić information content (AvgIpc) is 3.49. The van der Waals surface area contributed by atoms with Crippen LogP contribution in [0.1, 0.15) is 68.1 Å². The molecule has 2 saturated heterocycles. The van der Waals surface area contributed by atoms with Crippen molar-refractivity contribution < 1.29 is 33.0 Å². The maximum atomic E-state index is 15.0. The van der Waals surface area contributed by atoms with Gasteiger partial charge in [-0.3, -0.25) is 5.32 Å². The molecule has 2 N–H and O–H groups in total. The van der Waals surface area contributed by atoms with Gasteiger partial charge in [-0.2, -0.15) is 5.10 Å². The summed E-state index contributed by atoms with van der Waals surface area (Å²) in [5, 5.41) is 10.3. The van der Waals surface area contributed by atoms with E-state index in [1.165, 1.54) is 11.8 Å². The summed E-state index contributed by atoms with van der Waals surface area (Å²) in [6.07, 6.45) is 1.47. The number of esters is 2. The number of benzene rings is 1. The van der Waals surface area contributed by atoms with Crippen molar-refractivity contribution in [1.82, 2.24) is 20.4 Å². The molecule has 2 fully saturated rings. The third kappa shape index (κ3) is 7.55. The van der Waals surface area contributed by atoms with Gasteiger partial charge in [-0.05, 0) is 58.2 Å². The zero-order valence-corrected chi connectivity index (χ0v) is 24.6. The summed E-state index contributed by atoms with van der Waals surface area (Å²) in [4.78, 5) is 40.5. The summed E-state index contributed by atoms with van der Waals surface area (Å²) in [6.45, 7) is 6.67. The number of piperidine rings is 1. The van der Waals surface area contributed by atoms with Gasteiger partial charge in [0.2, 0.25) is 0 Å². The number of hydrogen-bond donors (Lipinski definition) is 2. The number of nitrogens with one attached hydrogen (secondary N) is 2. The van der Waals surface area contributed by atoms with Gasteiger partial charge in [0, 0.05) is 49.7 Å². The van der Waals surface area contributed by atoms with Crippen LogP contribution in [0.15, 0.2) is 24.3 Å². The smallest absolute Gasteiger partial charge is 0.407 e. The molecule has 4 rings (SSSR count). The number of aromatic nitrogens is 2. The van der Waals surface area contributed by atoms with Crippen LogP contribution in [-0.2, 0) is 32.2 Å². The number of anilines is 1. The fraction of sp³-hybridized carbons (Fsp3) is 0.571. The molecular formula is C28H37ClFN5O6. The Morgan fingerprint density at radius 3 is 2.66 bits per heavy atom. The van der Waals surface area contributed by atoms with Gasteiger partial charge in [0.05, 0.1) is 0 Å². The van der Waals surface area contributed by atoms with Gasteiger partial charge in [0.1, 0.15) is 18.1 Å². The predicted octanol–water partition coefficient (Wildman–Crippen LogP) is 3.96. The van der Waals surface area contributed by atoms with E-state index in [1.54, 1.807) is 32.9 Å². The zero-order valence-electron chi connectivity index (χ0n) is 23.8. The van der Waals surface area contributed by atoms with Crippen LogP contribution in [0.2, 0.25) is 5.02 Å². The third-order valence-corrected chi connectivity index (χ3v) is 7.21. The lowest BCUT2D eigenvalue weighted by Gasteiger charge is -2.35. The molecule has 13 heteroatoms. The topological polar surface area (TPSA) is 124 Å². The number of carbonyl (C=O) groups excluding carboxylic acids is 3. The monoisotopic (exact) mass is 593 g/mol. The highest BCUT2D eigenvalue weighted by Crippen LogP contribution is 2.32. The lowest BCUT2D eigenvalue weighted by Crippen LogP contribution is -2.49. The highest BCUT2D eigenvalue weighted by atomic mass is 35.5. The van der Waals surface area contributed by atoms with E-state index in [1.807, 2.05) is 17.0 Å². The molecule has 0 unspecified atom stereocenters. The summed E-state index contributed by atoms with van der Waals surface area (Å²) >= 11 is 6.48. The molecule has 2 atom stereocenters. The molecule has 2 aliphatic heterocycles. The number of halogens is 2. The molecule has 0 saturated carbocycles. The van der Waals surface area contributed by atoms with Crippen molar-refractivity contribution in [3.63, 3.8) is 0 Å². The van der Waals surface area contributed by atoms with Gasteiger partial charge in [-0.25, -0.2) is 23.5 Å². The first-order valence-electron chi connectivity index (χ1n) is 13.7. The van der Waals surface area contributed by atoms with E-state index in [2.05, 4.69) is 15.7 Å². The number of ether oxygens (including phenoxy) is 3. The maximum absolute atomic E-state index is 15.0. The number of rotatable bonds is 8. The number of amides is 1. The fourth-order valence-electron chi connectivity index (χ4n) is 5.07. The molecule has 0 aliphatic carbocycles. The second-order valence-corrected chi connectivity index (χ2v) is 11.7. The Balaban J connectivity index is 1.69. The van der Waals surface area contributed by atoms with Crippen molar-refractivity contribution >= 4 is 35.5 Å². The van der Waals surface area contributed by atoms with Gasteiger partial charge in [-0.15, -0.1) is 0 Å². The minimum absolute atomic E-state index is 0.0126. The van der Waals surface area contributed by atoms with Crippen LogP contribution in [0.4, 0.5) is 15.0 Å². The Labute approximate surface area is 243 Å². The van der Waals surface area contributed by atoms with Crippen LogP contribution < -0.4 is 15.5 Å². The molecule has 41 heavy (non-hydrogen) atoms. The van der Waals surface area contributed by atoms with Crippen LogP contribution in [-0.4, -0.2) is 72.0 Å². The molecule has 1 amide bonds. The Morgan fingerprint density at radius 1 is 1.24 bits per heavy atom. The minimum Gasteiger partial charge on any atom is -0.444 e. The number of alkyl carbamates (subject to hydrolysis) is 1.